The van der Waals surface area contributed by atoms with Crippen molar-refractivity contribution < 1.29 is 27.8 Å². The number of nitrogens with one attached hydrogen (secondary N) is 2. The minimum atomic E-state index is -3.95. The summed E-state index contributed by atoms with van der Waals surface area (Å²) in [6, 6.07) is 11.4. The molecule has 10 nitrogen and oxygen atoms in total. The zero-order valence-corrected chi connectivity index (χ0v) is 31.0. The van der Waals surface area contributed by atoms with E-state index in [-0.39, 0.29) is 35.5 Å². The lowest BCUT2D eigenvalue weighted by Crippen LogP contribution is -2.56. The molecule has 7 atom stereocenters. The summed E-state index contributed by atoms with van der Waals surface area (Å²) in [5.74, 6) is 0.178. The van der Waals surface area contributed by atoms with Crippen molar-refractivity contribution in [3.05, 3.63) is 58.1 Å². The van der Waals surface area contributed by atoms with Crippen LogP contribution < -0.4 is 19.7 Å². The number of rotatable bonds is 2. The van der Waals surface area contributed by atoms with Crippen molar-refractivity contribution >= 4 is 33.2 Å². The van der Waals surface area contributed by atoms with Crippen LogP contribution in [0.2, 0.25) is 5.02 Å². The lowest BCUT2D eigenvalue weighted by atomic mass is 9.62. The van der Waals surface area contributed by atoms with Gasteiger partial charge in [-0.1, -0.05) is 31.0 Å². The first-order chi connectivity index (χ1) is 24.0. The average molecular weight is 729 g/mol. The number of fused-ring (bicyclic) bond motifs is 4. The van der Waals surface area contributed by atoms with Gasteiger partial charge in [0.15, 0.2) is 0 Å². The molecule has 1 saturated carbocycles. The predicted molar refractivity (Wildman–Crippen MR) is 195 cm³/mol. The lowest BCUT2D eigenvalue weighted by Gasteiger charge is -2.50. The van der Waals surface area contributed by atoms with E-state index in [0.717, 1.165) is 76.1 Å². The molecule has 0 aromatic heterocycles. The number of hydrogen-bond acceptors (Lipinski definition) is 9. The van der Waals surface area contributed by atoms with Crippen molar-refractivity contribution in [1.82, 2.24) is 14.9 Å². The maximum absolute atomic E-state index is 13.5. The minimum absolute atomic E-state index is 0.101. The van der Waals surface area contributed by atoms with Gasteiger partial charge < -0.3 is 24.8 Å². The molecule has 3 N–H and O–H groups in total. The zero-order chi connectivity index (χ0) is 35.0. The number of halogens is 1. The molecule has 2 aromatic carbocycles. The normalized spacial score (nSPS) is 33.8. The third kappa shape index (κ3) is 7.69. The van der Waals surface area contributed by atoms with Crippen LogP contribution in [0.25, 0.3) is 0 Å². The minimum Gasteiger partial charge on any atom is -0.487 e. The van der Waals surface area contributed by atoms with E-state index in [1.54, 1.807) is 25.1 Å². The van der Waals surface area contributed by atoms with Crippen LogP contribution >= 0.6 is 11.6 Å². The van der Waals surface area contributed by atoms with Gasteiger partial charge in [0.1, 0.15) is 12.4 Å². The van der Waals surface area contributed by atoms with Gasteiger partial charge in [-0.05, 0) is 111 Å². The number of hydrogen-bond donors (Lipinski definition) is 3. The Labute approximate surface area is 302 Å². The van der Waals surface area contributed by atoms with Gasteiger partial charge in [-0.3, -0.25) is 9.69 Å². The van der Waals surface area contributed by atoms with Crippen molar-refractivity contribution in [2.24, 2.45) is 17.8 Å². The number of sulfonamides is 1. The molecule has 2 saturated heterocycles. The number of nitrogens with zero attached hydrogens (tertiary/aromatic N) is 2. The van der Waals surface area contributed by atoms with Crippen LogP contribution in [0.5, 0.6) is 5.75 Å². The lowest BCUT2D eigenvalue weighted by molar-refractivity contribution is -0.104. The molecule has 1 aliphatic carbocycles. The summed E-state index contributed by atoms with van der Waals surface area (Å²) in [4.78, 5) is 18.2. The smallest absolute Gasteiger partial charge is 0.264 e. The largest absolute Gasteiger partial charge is 0.487 e. The van der Waals surface area contributed by atoms with Gasteiger partial charge in [0.05, 0.1) is 29.2 Å². The van der Waals surface area contributed by atoms with E-state index >= 15 is 0 Å². The van der Waals surface area contributed by atoms with Crippen LogP contribution in [0.15, 0.2) is 36.4 Å². The van der Waals surface area contributed by atoms with Crippen molar-refractivity contribution in [1.29, 1.82) is 0 Å². The molecular weight excluding hydrogens is 676 g/mol. The number of ether oxygens (including phenoxy) is 2. The van der Waals surface area contributed by atoms with Crippen molar-refractivity contribution in [2.75, 3.05) is 50.8 Å². The van der Waals surface area contributed by atoms with Gasteiger partial charge >= 0.3 is 0 Å². The molecular formula is C38H53ClN4O6S. The van der Waals surface area contributed by atoms with Gasteiger partial charge in [-0.15, -0.1) is 0 Å². The number of morpholine rings is 1. The van der Waals surface area contributed by atoms with Crippen LogP contribution in [0.4, 0.5) is 5.69 Å². The number of amides is 1. The highest BCUT2D eigenvalue weighted by Gasteiger charge is 2.49. The number of aryl methyl sites for hydroxylation is 1. The Morgan fingerprint density at radius 1 is 1.02 bits per heavy atom. The summed E-state index contributed by atoms with van der Waals surface area (Å²) in [5, 5.41) is 16.3. The first-order valence-electron chi connectivity index (χ1n) is 18.6. The molecule has 4 aliphatic heterocycles. The molecule has 2 bridgehead atoms. The van der Waals surface area contributed by atoms with E-state index in [4.69, 9.17) is 21.1 Å². The monoisotopic (exact) mass is 728 g/mol. The van der Waals surface area contributed by atoms with Crippen LogP contribution in [0.3, 0.4) is 0 Å². The van der Waals surface area contributed by atoms with E-state index in [1.165, 1.54) is 5.56 Å². The van der Waals surface area contributed by atoms with Crippen molar-refractivity contribution in [3.63, 3.8) is 0 Å². The quantitative estimate of drug-likeness (QED) is 0.402. The summed E-state index contributed by atoms with van der Waals surface area (Å²) in [7, 11) is -3.95. The first kappa shape index (κ1) is 36.0. The average Bonchev–Trinajstić information content (AvgIpc) is 3.46. The maximum atomic E-state index is 13.5. The molecule has 2 aromatic rings. The number of likely N-dealkylation sites (tertiary alicyclic amines) is 1. The fourth-order valence-corrected chi connectivity index (χ4v) is 10.5. The SMILES string of the molecule is C[C@@H]1[C@@H](C)CCC[C@@](O)(CN2C[C@@H]3NCCO[C@H]3C2)[C@@H]2CC[C@H]2CN2CCCCc3cc(Cl)ccc3COc3ccc(cc32)C(=O)NS1(=O)=O. The number of anilines is 1. The Bertz CT molecular complexity index is 1650. The molecule has 50 heavy (non-hydrogen) atoms. The second-order valence-corrected chi connectivity index (χ2v) is 18.0. The van der Waals surface area contributed by atoms with Crippen LogP contribution in [0.1, 0.15) is 80.3 Å². The molecule has 1 amide bonds. The Balaban J connectivity index is 1.23. The zero-order valence-electron chi connectivity index (χ0n) is 29.4. The van der Waals surface area contributed by atoms with Crippen molar-refractivity contribution in [3.8, 4) is 5.75 Å². The maximum Gasteiger partial charge on any atom is 0.264 e. The van der Waals surface area contributed by atoms with E-state index in [1.807, 2.05) is 25.1 Å². The van der Waals surface area contributed by atoms with E-state index in [2.05, 4.69) is 19.8 Å². The fraction of sp³-hybridized carbons (Fsp3) is 0.658. The highest BCUT2D eigenvalue weighted by atomic mass is 35.5. The molecule has 0 unspecified atom stereocenters. The van der Waals surface area contributed by atoms with Crippen LogP contribution in [0, 0.1) is 17.8 Å². The summed E-state index contributed by atoms with van der Waals surface area (Å²) in [5.41, 5.74) is 2.39. The van der Waals surface area contributed by atoms with E-state index in [0.29, 0.717) is 49.8 Å². The molecule has 0 spiro atoms. The van der Waals surface area contributed by atoms with E-state index in [9.17, 15) is 18.3 Å². The summed E-state index contributed by atoms with van der Waals surface area (Å²) < 4.78 is 42.0. The van der Waals surface area contributed by atoms with Gasteiger partial charge in [0.25, 0.3) is 5.91 Å². The molecule has 274 valence electrons. The number of aliphatic hydroxyl groups is 1. The highest BCUT2D eigenvalue weighted by Crippen LogP contribution is 2.47. The van der Waals surface area contributed by atoms with E-state index < -0.39 is 26.8 Å². The molecule has 0 radical (unpaired) electrons. The number of β-amino-alcohol motifs (C(OH)–C–C–N with tert-alkyl or cyclic N) is 1. The molecule has 4 heterocycles. The van der Waals surface area contributed by atoms with Gasteiger partial charge in [0, 0.05) is 55.9 Å². The Morgan fingerprint density at radius 3 is 2.68 bits per heavy atom. The second-order valence-electron chi connectivity index (χ2n) is 15.5. The molecule has 12 heteroatoms. The van der Waals surface area contributed by atoms with Gasteiger partial charge in [-0.2, -0.15) is 0 Å². The van der Waals surface area contributed by atoms with Gasteiger partial charge in [0.2, 0.25) is 10.0 Å². The highest BCUT2D eigenvalue weighted by molar-refractivity contribution is 7.90. The van der Waals surface area contributed by atoms with Gasteiger partial charge in [-0.25, -0.2) is 13.1 Å². The Kier molecular flexibility index (Phi) is 10.7. The first-order valence-corrected chi connectivity index (χ1v) is 20.6. The summed E-state index contributed by atoms with van der Waals surface area (Å²) in [6.45, 7) is 9.21. The molecule has 3 fully saturated rings. The summed E-state index contributed by atoms with van der Waals surface area (Å²) in [6.07, 6.45) is 6.81. The number of benzene rings is 2. The molecule has 7 rings (SSSR count). The Morgan fingerprint density at radius 2 is 1.88 bits per heavy atom. The predicted octanol–water partition coefficient (Wildman–Crippen LogP) is 4.76. The number of carbonyl (C=O) groups is 1. The third-order valence-corrected chi connectivity index (χ3v) is 14.4. The van der Waals surface area contributed by atoms with Crippen molar-refractivity contribution in [2.45, 2.75) is 94.8 Å². The summed E-state index contributed by atoms with van der Waals surface area (Å²) >= 11 is 6.38. The second kappa shape index (κ2) is 14.9. The topological polar surface area (TPSA) is 120 Å². The standard InChI is InChI=1S/C38H53ClN4O6S/c1-25-6-5-14-38(45,24-42-21-33-36(22-42)48-17-15-40-33)32-12-9-29(32)20-43-16-4-3-7-27-18-31(39)11-8-30(27)23-49-35-13-10-28(19-34(35)43)37(44)41-50(46,47)26(25)2/h8,10-11,13,18-19,25-26,29,32-33,36,40,45H,3-7,9,12,14-17,20-24H2,1-2H3,(H,41,44)/t25-,26+,29-,32+,33-,36-,38+/m0/s1. The van der Waals surface area contributed by atoms with Crippen LogP contribution in [-0.2, 0) is 27.8 Å². The fourth-order valence-electron chi connectivity index (χ4n) is 8.98. The molecule has 5 aliphatic rings. The third-order valence-electron chi connectivity index (χ3n) is 12.3. The van der Waals surface area contributed by atoms with Crippen LogP contribution in [-0.4, -0.2) is 93.2 Å². The number of carbonyl (C=O) groups excluding carboxylic acids is 1. The Hall–Kier alpha value is -2.41.